The summed E-state index contributed by atoms with van der Waals surface area (Å²) in [7, 11) is 3.94. The largest absolute Gasteiger partial charge is 0.340 e. The highest BCUT2D eigenvalue weighted by Crippen LogP contribution is 2.12. The molecule has 1 aliphatic rings. The Morgan fingerprint density at radius 2 is 2.38 bits per heavy atom. The summed E-state index contributed by atoms with van der Waals surface area (Å²) < 4.78 is 0. The van der Waals surface area contributed by atoms with Crippen LogP contribution < -0.4 is 5.73 Å². The molecule has 2 N–H and O–H groups in total. The Morgan fingerprint density at radius 1 is 1.69 bits per heavy atom. The molecule has 0 aromatic rings. The quantitative estimate of drug-likeness (QED) is 0.631. The van der Waals surface area contributed by atoms with E-state index in [1.54, 1.807) is 4.90 Å². The molecule has 1 saturated heterocycles. The summed E-state index contributed by atoms with van der Waals surface area (Å²) in [6.07, 6.45) is 2.27. The first-order valence-electron chi connectivity index (χ1n) is 4.79. The fraction of sp³-hybridized carbons (Fsp3) is 0.889. The van der Waals surface area contributed by atoms with E-state index in [2.05, 4.69) is 11.9 Å². The molecule has 0 aromatic carbocycles. The minimum atomic E-state index is 0.0419. The topological polar surface area (TPSA) is 49.6 Å². The molecule has 1 atom stereocenters. The predicted octanol–water partition coefficient (Wildman–Crippen LogP) is -0.502. The molecule has 0 unspecified atom stereocenters. The van der Waals surface area contributed by atoms with E-state index in [1.165, 1.54) is 6.42 Å². The van der Waals surface area contributed by atoms with Crippen LogP contribution in [0.2, 0.25) is 0 Å². The number of hydrogen-bond donors (Lipinski definition) is 1. The van der Waals surface area contributed by atoms with Crippen LogP contribution in [0.25, 0.3) is 0 Å². The van der Waals surface area contributed by atoms with Crippen molar-refractivity contribution < 1.29 is 4.79 Å². The molecule has 0 spiro atoms. The highest BCUT2D eigenvalue weighted by atomic mass is 16.2. The van der Waals surface area contributed by atoms with Crippen molar-refractivity contribution in [2.75, 3.05) is 33.7 Å². The number of likely N-dealkylation sites (N-methyl/N-ethyl adjacent to an activating group) is 2. The van der Waals surface area contributed by atoms with Crippen molar-refractivity contribution in [3.63, 3.8) is 0 Å². The molecule has 0 radical (unpaired) electrons. The van der Waals surface area contributed by atoms with Crippen LogP contribution in [0, 0.1) is 0 Å². The monoisotopic (exact) mass is 185 g/mol. The van der Waals surface area contributed by atoms with Crippen molar-refractivity contribution in [2.45, 2.75) is 18.9 Å². The average Bonchev–Trinajstić information content (AvgIpc) is 2.15. The van der Waals surface area contributed by atoms with Gasteiger partial charge >= 0.3 is 0 Å². The van der Waals surface area contributed by atoms with Gasteiger partial charge in [-0.2, -0.15) is 0 Å². The van der Waals surface area contributed by atoms with Crippen LogP contribution >= 0.6 is 0 Å². The molecule has 1 heterocycles. The number of nitrogens with two attached hydrogens (primary N) is 1. The Bertz CT molecular complexity index is 184. The summed E-state index contributed by atoms with van der Waals surface area (Å²) in [5.74, 6) is 0.0419. The minimum absolute atomic E-state index is 0.0419. The molecule has 0 aromatic heterocycles. The van der Waals surface area contributed by atoms with E-state index < -0.39 is 0 Å². The maximum absolute atomic E-state index is 11.3. The predicted molar refractivity (Wildman–Crippen MR) is 52.3 cm³/mol. The highest BCUT2D eigenvalue weighted by molar-refractivity contribution is 5.78. The van der Waals surface area contributed by atoms with E-state index >= 15 is 0 Å². The zero-order valence-electron chi connectivity index (χ0n) is 8.49. The second-order valence-electron chi connectivity index (χ2n) is 3.77. The summed E-state index contributed by atoms with van der Waals surface area (Å²) in [6.45, 7) is 2.24. The van der Waals surface area contributed by atoms with E-state index in [9.17, 15) is 4.79 Å². The van der Waals surface area contributed by atoms with E-state index in [1.807, 2.05) is 7.05 Å². The molecule has 1 rings (SSSR count). The Balaban J connectivity index is 2.45. The smallest absolute Gasteiger partial charge is 0.236 e. The normalized spacial score (nSPS) is 24.4. The lowest BCUT2D eigenvalue weighted by Gasteiger charge is -2.35. The van der Waals surface area contributed by atoms with Gasteiger partial charge in [-0.25, -0.2) is 0 Å². The molecule has 13 heavy (non-hydrogen) atoms. The lowest BCUT2D eigenvalue weighted by Crippen LogP contribution is -2.48. The van der Waals surface area contributed by atoms with E-state index in [0.717, 1.165) is 19.5 Å². The first-order valence-corrected chi connectivity index (χ1v) is 4.79. The average molecular weight is 185 g/mol. The first-order chi connectivity index (χ1) is 6.15. The maximum atomic E-state index is 11.3. The van der Waals surface area contributed by atoms with Gasteiger partial charge in [0.15, 0.2) is 0 Å². The molecule has 0 aliphatic carbocycles. The maximum Gasteiger partial charge on any atom is 0.236 e. The molecule has 1 amide bonds. The third kappa shape index (κ3) is 2.67. The van der Waals surface area contributed by atoms with Crippen LogP contribution in [0.3, 0.4) is 0 Å². The molecule has 0 bridgehead atoms. The molecule has 76 valence electrons. The van der Waals surface area contributed by atoms with Gasteiger partial charge in [0.2, 0.25) is 5.91 Å². The van der Waals surface area contributed by atoms with Crippen LogP contribution in [0.1, 0.15) is 12.8 Å². The van der Waals surface area contributed by atoms with Crippen LogP contribution in [0.15, 0.2) is 0 Å². The summed E-state index contributed by atoms with van der Waals surface area (Å²) in [6, 6.07) is 0.356. The third-order valence-electron chi connectivity index (χ3n) is 2.72. The van der Waals surface area contributed by atoms with E-state index in [-0.39, 0.29) is 12.5 Å². The van der Waals surface area contributed by atoms with Gasteiger partial charge in [-0.1, -0.05) is 0 Å². The molecule has 4 nitrogen and oxygen atoms in total. The number of nitrogens with zero attached hydrogens (tertiary/aromatic N) is 2. The molecule has 4 heteroatoms. The Morgan fingerprint density at radius 3 is 2.92 bits per heavy atom. The van der Waals surface area contributed by atoms with Gasteiger partial charge < -0.3 is 15.5 Å². The number of carbonyl (C=O) groups is 1. The molecule has 1 fully saturated rings. The third-order valence-corrected chi connectivity index (χ3v) is 2.72. The second kappa shape index (κ2) is 4.58. The number of hydrogen-bond acceptors (Lipinski definition) is 3. The highest BCUT2D eigenvalue weighted by Gasteiger charge is 2.23. The van der Waals surface area contributed by atoms with Gasteiger partial charge in [0.05, 0.1) is 6.54 Å². The summed E-state index contributed by atoms with van der Waals surface area (Å²) >= 11 is 0. The number of likely N-dealkylation sites (tertiary alicyclic amines) is 1. The summed E-state index contributed by atoms with van der Waals surface area (Å²) in [4.78, 5) is 15.3. The van der Waals surface area contributed by atoms with Crippen molar-refractivity contribution in [3.05, 3.63) is 0 Å². The lowest BCUT2D eigenvalue weighted by atomic mass is 10.1. The minimum Gasteiger partial charge on any atom is -0.340 e. The summed E-state index contributed by atoms with van der Waals surface area (Å²) in [5, 5.41) is 0. The standard InChI is InChI=1S/C9H19N3O/c1-11-5-3-4-8(7-11)12(2)9(13)6-10/h8H,3-7,10H2,1-2H3/t8-/m0/s1. The number of piperidine rings is 1. The zero-order valence-corrected chi connectivity index (χ0v) is 8.49. The van der Waals surface area contributed by atoms with Gasteiger partial charge in [-0.15, -0.1) is 0 Å². The fourth-order valence-corrected chi connectivity index (χ4v) is 1.80. The fourth-order valence-electron chi connectivity index (χ4n) is 1.80. The molecule has 1 aliphatic heterocycles. The summed E-state index contributed by atoms with van der Waals surface area (Å²) in [5.41, 5.74) is 5.31. The zero-order chi connectivity index (χ0) is 9.84. The van der Waals surface area contributed by atoms with E-state index in [4.69, 9.17) is 5.73 Å². The van der Waals surface area contributed by atoms with Crippen molar-refractivity contribution in [2.24, 2.45) is 5.73 Å². The van der Waals surface area contributed by atoms with Gasteiger partial charge in [0, 0.05) is 19.6 Å². The van der Waals surface area contributed by atoms with Crippen LogP contribution in [0.5, 0.6) is 0 Å². The van der Waals surface area contributed by atoms with Crippen molar-refractivity contribution in [1.82, 2.24) is 9.80 Å². The number of rotatable bonds is 2. The molecular formula is C9H19N3O. The molecular weight excluding hydrogens is 166 g/mol. The van der Waals surface area contributed by atoms with Gasteiger partial charge in [-0.3, -0.25) is 4.79 Å². The Hall–Kier alpha value is -0.610. The second-order valence-corrected chi connectivity index (χ2v) is 3.77. The number of carbonyl (C=O) groups excluding carboxylic acids is 1. The van der Waals surface area contributed by atoms with Crippen molar-refractivity contribution in [3.8, 4) is 0 Å². The van der Waals surface area contributed by atoms with Crippen LogP contribution in [-0.4, -0.2) is 55.5 Å². The van der Waals surface area contributed by atoms with Crippen molar-refractivity contribution in [1.29, 1.82) is 0 Å². The van der Waals surface area contributed by atoms with Gasteiger partial charge in [0.25, 0.3) is 0 Å². The van der Waals surface area contributed by atoms with Crippen LogP contribution in [-0.2, 0) is 4.79 Å². The lowest BCUT2D eigenvalue weighted by molar-refractivity contribution is -0.131. The first kappa shape index (κ1) is 10.5. The van der Waals surface area contributed by atoms with Crippen LogP contribution in [0.4, 0.5) is 0 Å². The molecule has 0 saturated carbocycles. The Kier molecular flexibility index (Phi) is 3.69. The van der Waals surface area contributed by atoms with E-state index in [0.29, 0.717) is 6.04 Å². The van der Waals surface area contributed by atoms with Gasteiger partial charge in [-0.05, 0) is 26.4 Å². The SMILES string of the molecule is CN1CCC[C@H](N(C)C(=O)CN)C1. The number of amides is 1. The van der Waals surface area contributed by atoms with Gasteiger partial charge in [0.1, 0.15) is 0 Å². The van der Waals surface area contributed by atoms with Crippen molar-refractivity contribution >= 4 is 5.91 Å². The Labute approximate surface area is 79.7 Å².